The minimum absolute atomic E-state index is 0.250. The lowest BCUT2D eigenvalue weighted by molar-refractivity contribution is 0.439. The summed E-state index contributed by atoms with van der Waals surface area (Å²) in [6.07, 6.45) is 1.72. The summed E-state index contributed by atoms with van der Waals surface area (Å²) in [5, 5.41) is 1.56. The van der Waals surface area contributed by atoms with Crippen LogP contribution in [-0.2, 0) is 5.33 Å². The third-order valence-electron chi connectivity index (χ3n) is 2.99. The first kappa shape index (κ1) is 13.1. The fourth-order valence-corrected chi connectivity index (χ4v) is 2.44. The van der Waals surface area contributed by atoms with Gasteiger partial charge in [0.05, 0.1) is 5.52 Å². The normalized spacial score (nSPS) is 10.7. The van der Waals surface area contributed by atoms with Crippen LogP contribution < -0.4 is 4.74 Å². The Morgan fingerprint density at radius 2 is 2.00 bits per heavy atom. The maximum Gasteiger partial charge on any atom is 0.167 e. The number of benzene rings is 2. The summed E-state index contributed by atoms with van der Waals surface area (Å²) in [5.74, 6) is 0.450. The minimum Gasteiger partial charge on any atom is -0.454 e. The largest absolute Gasteiger partial charge is 0.454 e. The Balaban J connectivity index is 2.01. The van der Waals surface area contributed by atoms with E-state index in [2.05, 4.69) is 20.9 Å². The number of pyridine rings is 1. The first-order valence-corrected chi connectivity index (χ1v) is 7.26. The van der Waals surface area contributed by atoms with Crippen LogP contribution in [0.4, 0.5) is 4.39 Å². The van der Waals surface area contributed by atoms with Crippen molar-refractivity contribution in [1.29, 1.82) is 0 Å². The third kappa shape index (κ3) is 2.51. The number of para-hydroxylation sites is 1. The van der Waals surface area contributed by atoms with Crippen molar-refractivity contribution < 1.29 is 9.13 Å². The second-order valence-electron chi connectivity index (χ2n) is 4.32. The van der Waals surface area contributed by atoms with Crippen molar-refractivity contribution in [2.24, 2.45) is 0 Å². The van der Waals surface area contributed by atoms with Crippen molar-refractivity contribution in [3.63, 3.8) is 0 Å². The molecule has 0 spiro atoms. The first-order chi connectivity index (χ1) is 9.78. The fourth-order valence-electron chi connectivity index (χ4n) is 2.00. The molecule has 0 N–H and O–H groups in total. The summed E-state index contributed by atoms with van der Waals surface area (Å²) >= 11 is 3.34. The van der Waals surface area contributed by atoms with Crippen LogP contribution in [0.1, 0.15) is 5.56 Å². The molecule has 0 saturated carbocycles. The highest BCUT2D eigenvalue weighted by molar-refractivity contribution is 9.08. The molecule has 100 valence electrons. The lowest BCUT2D eigenvalue weighted by Crippen LogP contribution is -1.93. The van der Waals surface area contributed by atoms with E-state index in [1.807, 2.05) is 30.3 Å². The molecule has 1 aromatic heterocycles. The van der Waals surface area contributed by atoms with Gasteiger partial charge in [-0.15, -0.1) is 0 Å². The van der Waals surface area contributed by atoms with E-state index in [4.69, 9.17) is 4.74 Å². The van der Waals surface area contributed by atoms with Crippen molar-refractivity contribution >= 4 is 26.8 Å². The molecule has 20 heavy (non-hydrogen) atoms. The predicted octanol–water partition coefficient (Wildman–Crippen LogP) is 5.06. The SMILES string of the molecule is Fc1cccc(CBr)c1Oc1ccc2cccnc2c1. The average Bonchev–Trinajstić information content (AvgIpc) is 2.49. The van der Waals surface area contributed by atoms with E-state index in [9.17, 15) is 4.39 Å². The molecular formula is C16H11BrFNO. The first-order valence-electron chi connectivity index (χ1n) is 6.14. The molecule has 0 atom stereocenters. The van der Waals surface area contributed by atoms with Gasteiger partial charge in [0, 0.05) is 28.5 Å². The second-order valence-corrected chi connectivity index (χ2v) is 4.88. The van der Waals surface area contributed by atoms with Crippen molar-refractivity contribution in [3.05, 3.63) is 66.1 Å². The minimum atomic E-state index is -0.372. The zero-order valence-electron chi connectivity index (χ0n) is 10.5. The standard InChI is InChI=1S/C16H11BrFNO/c17-10-12-3-1-5-14(18)16(12)20-13-7-6-11-4-2-8-19-15(11)9-13/h1-9H,10H2. The van der Waals surface area contributed by atoms with Gasteiger partial charge in [-0.05, 0) is 24.3 Å². The molecule has 0 unspecified atom stereocenters. The molecule has 0 aliphatic heterocycles. The molecule has 4 heteroatoms. The molecule has 0 fully saturated rings. The molecule has 0 aliphatic carbocycles. The third-order valence-corrected chi connectivity index (χ3v) is 3.59. The second kappa shape index (κ2) is 5.59. The van der Waals surface area contributed by atoms with Crippen LogP contribution in [0.5, 0.6) is 11.5 Å². The molecule has 1 heterocycles. The van der Waals surface area contributed by atoms with E-state index in [1.165, 1.54) is 6.07 Å². The smallest absolute Gasteiger partial charge is 0.167 e. The van der Waals surface area contributed by atoms with E-state index in [0.29, 0.717) is 11.1 Å². The van der Waals surface area contributed by atoms with Crippen LogP contribution in [0.2, 0.25) is 0 Å². The monoisotopic (exact) mass is 331 g/mol. The van der Waals surface area contributed by atoms with E-state index in [0.717, 1.165) is 16.5 Å². The van der Waals surface area contributed by atoms with E-state index >= 15 is 0 Å². The Kier molecular flexibility index (Phi) is 3.65. The van der Waals surface area contributed by atoms with Crippen molar-refractivity contribution in [2.75, 3.05) is 0 Å². The highest BCUT2D eigenvalue weighted by atomic mass is 79.9. The van der Waals surface area contributed by atoms with Crippen LogP contribution >= 0.6 is 15.9 Å². The summed E-state index contributed by atoms with van der Waals surface area (Å²) in [5.41, 5.74) is 1.59. The summed E-state index contributed by atoms with van der Waals surface area (Å²) in [6, 6.07) is 14.3. The van der Waals surface area contributed by atoms with Crippen LogP contribution in [0.15, 0.2) is 54.7 Å². The highest BCUT2D eigenvalue weighted by Gasteiger charge is 2.10. The number of rotatable bonds is 3. The van der Waals surface area contributed by atoms with Crippen LogP contribution in [-0.4, -0.2) is 4.98 Å². The van der Waals surface area contributed by atoms with Crippen LogP contribution in [0.25, 0.3) is 10.9 Å². The van der Waals surface area contributed by atoms with Crippen LogP contribution in [0.3, 0.4) is 0 Å². The van der Waals surface area contributed by atoms with E-state index in [-0.39, 0.29) is 11.6 Å². The molecule has 0 bridgehead atoms. The van der Waals surface area contributed by atoms with Crippen molar-refractivity contribution in [1.82, 2.24) is 4.98 Å². The van der Waals surface area contributed by atoms with Gasteiger partial charge in [0.25, 0.3) is 0 Å². The molecule has 3 rings (SSSR count). The Bertz CT molecular complexity index is 760. The molecular weight excluding hydrogens is 321 g/mol. The Morgan fingerprint density at radius 1 is 1.10 bits per heavy atom. The van der Waals surface area contributed by atoms with Gasteiger partial charge in [-0.25, -0.2) is 4.39 Å². The summed E-state index contributed by atoms with van der Waals surface area (Å²) in [7, 11) is 0. The lowest BCUT2D eigenvalue weighted by Gasteiger charge is -2.11. The number of halogens is 2. The van der Waals surface area contributed by atoms with Gasteiger partial charge in [0.15, 0.2) is 11.6 Å². The summed E-state index contributed by atoms with van der Waals surface area (Å²) in [6.45, 7) is 0. The number of nitrogens with zero attached hydrogens (tertiary/aromatic N) is 1. The predicted molar refractivity (Wildman–Crippen MR) is 80.8 cm³/mol. The average molecular weight is 332 g/mol. The fraction of sp³-hybridized carbons (Fsp3) is 0.0625. The van der Waals surface area contributed by atoms with Gasteiger partial charge in [0.2, 0.25) is 0 Å². The lowest BCUT2D eigenvalue weighted by atomic mass is 10.2. The molecule has 2 aromatic carbocycles. The maximum absolute atomic E-state index is 13.9. The molecule has 0 radical (unpaired) electrons. The van der Waals surface area contributed by atoms with E-state index < -0.39 is 0 Å². The number of ether oxygens (including phenoxy) is 1. The number of hydrogen-bond acceptors (Lipinski definition) is 2. The molecule has 0 saturated heterocycles. The Hall–Kier alpha value is -1.94. The van der Waals surface area contributed by atoms with Crippen LogP contribution in [0, 0.1) is 5.82 Å². The summed E-state index contributed by atoms with van der Waals surface area (Å²) < 4.78 is 19.6. The van der Waals surface area contributed by atoms with Gasteiger partial charge in [-0.2, -0.15) is 0 Å². The quantitative estimate of drug-likeness (QED) is 0.626. The number of alkyl halides is 1. The number of hydrogen-bond donors (Lipinski definition) is 0. The molecule has 2 nitrogen and oxygen atoms in total. The van der Waals surface area contributed by atoms with Crippen molar-refractivity contribution in [3.8, 4) is 11.5 Å². The maximum atomic E-state index is 13.9. The summed E-state index contributed by atoms with van der Waals surface area (Å²) in [4.78, 5) is 4.27. The molecule has 0 amide bonds. The Morgan fingerprint density at radius 3 is 2.85 bits per heavy atom. The zero-order chi connectivity index (χ0) is 13.9. The van der Waals surface area contributed by atoms with Gasteiger partial charge in [0.1, 0.15) is 5.75 Å². The zero-order valence-corrected chi connectivity index (χ0v) is 12.1. The van der Waals surface area contributed by atoms with Gasteiger partial charge in [-0.1, -0.05) is 34.1 Å². The van der Waals surface area contributed by atoms with E-state index in [1.54, 1.807) is 18.3 Å². The number of fused-ring (bicyclic) bond motifs is 1. The van der Waals surface area contributed by atoms with Gasteiger partial charge in [-0.3, -0.25) is 4.98 Å². The number of aromatic nitrogens is 1. The van der Waals surface area contributed by atoms with Gasteiger partial charge >= 0.3 is 0 Å². The molecule has 0 aliphatic rings. The molecule has 3 aromatic rings. The highest BCUT2D eigenvalue weighted by Crippen LogP contribution is 2.31. The topological polar surface area (TPSA) is 22.1 Å². The Labute approximate surface area is 124 Å². The van der Waals surface area contributed by atoms with Crippen molar-refractivity contribution in [2.45, 2.75) is 5.33 Å². The van der Waals surface area contributed by atoms with Gasteiger partial charge < -0.3 is 4.74 Å².